The number of nitrogens with one attached hydrogen (secondary N) is 2. The second-order valence-corrected chi connectivity index (χ2v) is 4.61. The third kappa shape index (κ3) is 4.89. The van der Waals surface area contributed by atoms with Crippen molar-refractivity contribution in [1.82, 2.24) is 5.43 Å². The van der Waals surface area contributed by atoms with Gasteiger partial charge in [0.15, 0.2) is 0 Å². The van der Waals surface area contributed by atoms with Crippen molar-refractivity contribution in [3.8, 4) is 0 Å². The average Bonchev–Trinajstić information content (AvgIpc) is 2.49. The summed E-state index contributed by atoms with van der Waals surface area (Å²) < 4.78 is 13.3. The summed E-state index contributed by atoms with van der Waals surface area (Å²) in [5.41, 5.74) is 3.39. The number of hydrogen-bond donors (Lipinski definition) is 2. The SMILES string of the molecule is O=C(CNc1ccc(Cl)cc1)N/N=C\c1ccccc1F. The van der Waals surface area contributed by atoms with Gasteiger partial charge in [0.25, 0.3) is 5.91 Å². The molecule has 0 aliphatic rings. The Labute approximate surface area is 126 Å². The highest BCUT2D eigenvalue weighted by Crippen LogP contribution is 2.12. The molecule has 2 N–H and O–H groups in total. The van der Waals surface area contributed by atoms with E-state index in [1.807, 2.05) is 0 Å². The molecule has 0 bridgehead atoms. The lowest BCUT2D eigenvalue weighted by molar-refractivity contribution is -0.119. The minimum atomic E-state index is -0.394. The lowest BCUT2D eigenvalue weighted by Gasteiger charge is -2.05. The van der Waals surface area contributed by atoms with E-state index in [0.29, 0.717) is 10.6 Å². The minimum Gasteiger partial charge on any atom is -0.376 e. The average molecular weight is 306 g/mol. The first kappa shape index (κ1) is 15.0. The number of rotatable bonds is 5. The Morgan fingerprint density at radius 2 is 1.90 bits per heavy atom. The van der Waals surface area contributed by atoms with E-state index in [-0.39, 0.29) is 12.5 Å². The number of amides is 1. The number of halogens is 2. The molecule has 0 heterocycles. The molecule has 0 aromatic heterocycles. The quantitative estimate of drug-likeness (QED) is 0.659. The molecule has 0 spiro atoms. The van der Waals surface area contributed by atoms with E-state index in [9.17, 15) is 9.18 Å². The topological polar surface area (TPSA) is 53.5 Å². The van der Waals surface area contributed by atoms with Gasteiger partial charge in [-0.3, -0.25) is 4.79 Å². The first-order valence-electron chi connectivity index (χ1n) is 6.21. The van der Waals surface area contributed by atoms with Gasteiger partial charge in [-0.25, -0.2) is 9.82 Å². The number of hydrazone groups is 1. The van der Waals surface area contributed by atoms with Crippen LogP contribution in [0.15, 0.2) is 53.6 Å². The van der Waals surface area contributed by atoms with Crippen molar-refractivity contribution in [3.63, 3.8) is 0 Å². The van der Waals surface area contributed by atoms with E-state index in [1.54, 1.807) is 42.5 Å². The number of nitrogens with zero attached hydrogens (tertiary/aromatic N) is 1. The maximum absolute atomic E-state index is 13.3. The summed E-state index contributed by atoms with van der Waals surface area (Å²) in [5, 5.41) is 7.24. The van der Waals surface area contributed by atoms with Crippen LogP contribution in [0.5, 0.6) is 0 Å². The molecule has 0 fully saturated rings. The number of anilines is 1. The third-order valence-corrected chi connectivity index (χ3v) is 2.85. The summed E-state index contributed by atoms with van der Waals surface area (Å²) in [5.74, 6) is -0.729. The predicted octanol–water partition coefficient (Wildman–Crippen LogP) is 3.04. The monoisotopic (exact) mass is 305 g/mol. The second-order valence-electron chi connectivity index (χ2n) is 4.18. The largest absolute Gasteiger partial charge is 0.376 e. The van der Waals surface area contributed by atoms with Crippen LogP contribution in [0, 0.1) is 5.82 Å². The Bertz CT molecular complexity index is 644. The van der Waals surface area contributed by atoms with Crippen molar-refractivity contribution in [2.45, 2.75) is 0 Å². The summed E-state index contributed by atoms with van der Waals surface area (Å²) >= 11 is 5.76. The van der Waals surface area contributed by atoms with Crippen molar-refractivity contribution in [2.75, 3.05) is 11.9 Å². The molecule has 0 saturated carbocycles. The van der Waals surface area contributed by atoms with Crippen LogP contribution < -0.4 is 10.7 Å². The molecule has 2 aromatic rings. The summed E-state index contributed by atoms with van der Waals surface area (Å²) in [7, 11) is 0. The zero-order chi connectivity index (χ0) is 15.1. The van der Waals surface area contributed by atoms with Crippen LogP contribution in [0.3, 0.4) is 0 Å². The highest BCUT2D eigenvalue weighted by Gasteiger charge is 2.00. The number of carbonyl (C=O) groups is 1. The lowest BCUT2D eigenvalue weighted by Crippen LogP contribution is -2.25. The minimum absolute atomic E-state index is 0.0518. The molecule has 6 heteroatoms. The number of benzene rings is 2. The Morgan fingerprint density at radius 1 is 1.19 bits per heavy atom. The van der Waals surface area contributed by atoms with Gasteiger partial charge in [0.1, 0.15) is 5.82 Å². The zero-order valence-corrected chi connectivity index (χ0v) is 11.8. The van der Waals surface area contributed by atoms with E-state index in [1.165, 1.54) is 12.3 Å². The van der Waals surface area contributed by atoms with E-state index < -0.39 is 5.82 Å². The maximum atomic E-state index is 13.3. The van der Waals surface area contributed by atoms with E-state index >= 15 is 0 Å². The van der Waals surface area contributed by atoms with Crippen LogP contribution >= 0.6 is 11.6 Å². The summed E-state index contributed by atoms with van der Waals surface area (Å²) in [6.07, 6.45) is 1.26. The molecular weight excluding hydrogens is 293 g/mol. The predicted molar refractivity (Wildman–Crippen MR) is 82.1 cm³/mol. The number of hydrogen-bond acceptors (Lipinski definition) is 3. The van der Waals surface area contributed by atoms with Crippen LogP contribution in [-0.2, 0) is 4.79 Å². The fourth-order valence-corrected chi connectivity index (χ4v) is 1.67. The normalized spacial score (nSPS) is 10.6. The molecule has 21 heavy (non-hydrogen) atoms. The van der Waals surface area contributed by atoms with Gasteiger partial charge in [0, 0.05) is 16.3 Å². The second kappa shape index (κ2) is 7.40. The van der Waals surface area contributed by atoms with Gasteiger partial charge in [-0.1, -0.05) is 29.8 Å². The van der Waals surface area contributed by atoms with Gasteiger partial charge in [-0.05, 0) is 30.3 Å². The molecule has 0 saturated heterocycles. The van der Waals surface area contributed by atoms with Crippen LogP contribution in [0.2, 0.25) is 5.02 Å². The first-order chi connectivity index (χ1) is 10.1. The van der Waals surface area contributed by atoms with Crippen LogP contribution in [0.25, 0.3) is 0 Å². The number of carbonyl (C=O) groups excluding carboxylic acids is 1. The van der Waals surface area contributed by atoms with Gasteiger partial charge in [-0.15, -0.1) is 0 Å². The summed E-state index contributed by atoms with van der Waals surface area (Å²) in [6, 6.07) is 13.1. The van der Waals surface area contributed by atoms with Crippen LogP contribution in [-0.4, -0.2) is 18.7 Å². The Hall–Kier alpha value is -2.40. The molecular formula is C15H13ClFN3O. The van der Waals surface area contributed by atoms with Gasteiger partial charge in [0.05, 0.1) is 12.8 Å². The van der Waals surface area contributed by atoms with Gasteiger partial charge >= 0.3 is 0 Å². The van der Waals surface area contributed by atoms with Crippen molar-refractivity contribution in [1.29, 1.82) is 0 Å². The molecule has 0 aliphatic heterocycles. The van der Waals surface area contributed by atoms with Gasteiger partial charge in [0.2, 0.25) is 0 Å². The van der Waals surface area contributed by atoms with Gasteiger partial charge < -0.3 is 5.32 Å². The Kier molecular flexibility index (Phi) is 5.29. The van der Waals surface area contributed by atoms with Crippen LogP contribution in [0.1, 0.15) is 5.56 Å². The molecule has 2 rings (SSSR count). The van der Waals surface area contributed by atoms with E-state index in [0.717, 1.165) is 5.69 Å². The molecule has 108 valence electrons. The fraction of sp³-hybridized carbons (Fsp3) is 0.0667. The lowest BCUT2D eigenvalue weighted by atomic mass is 10.2. The highest BCUT2D eigenvalue weighted by molar-refractivity contribution is 6.30. The van der Waals surface area contributed by atoms with Crippen molar-refractivity contribution < 1.29 is 9.18 Å². The highest BCUT2D eigenvalue weighted by atomic mass is 35.5. The Balaban J connectivity index is 1.80. The maximum Gasteiger partial charge on any atom is 0.259 e. The zero-order valence-electron chi connectivity index (χ0n) is 11.0. The summed E-state index contributed by atoms with van der Waals surface area (Å²) in [4.78, 5) is 11.6. The Morgan fingerprint density at radius 3 is 2.62 bits per heavy atom. The third-order valence-electron chi connectivity index (χ3n) is 2.60. The van der Waals surface area contributed by atoms with Crippen molar-refractivity contribution in [2.24, 2.45) is 5.10 Å². The molecule has 0 aliphatic carbocycles. The van der Waals surface area contributed by atoms with Crippen molar-refractivity contribution in [3.05, 3.63) is 64.9 Å². The molecule has 1 amide bonds. The molecule has 0 atom stereocenters. The smallest absolute Gasteiger partial charge is 0.259 e. The first-order valence-corrected chi connectivity index (χ1v) is 6.59. The molecule has 0 unspecified atom stereocenters. The fourth-order valence-electron chi connectivity index (χ4n) is 1.54. The standard InChI is InChI=1S/C15H13ClFN3O/c16-12-5-7-13(8-6-12)18-10-15(21)20-19-9-11-3-1-2-4-14(11)17/h1-9,18H,10H2,(H,20,21)/b19-9-. The molecule has 4 nitrogen and oxygen atoms in total. The molecule has 2 aromatic carbocycles. The van der Waals surface area contributed by atoms with E-state index in [4.69, 9.17) is 11.6 Å². The summed E-state index contributed by atoms with van der Waals surface area (Å²) in [6.45, 7) is 0.0518. The molecule has 0 radical (unpaired) electrons. The van der Waals surface area contributed by atoms with E-state index in [2.05, 4.69) is 15.8 Å². The van der Waals surface area contributed by atoms with Crippen LogP contribution in [0.4, 0.5) is 10.1 Å². The van der Waals surface area contributed by atoms with Crippen molar-refractivity contribution >= 4 is 29.4 Å². The van der Waals surface area contributed by atoms with Gasteiger partial charge in [-0.2, -0.15) is 5.10 Å².